The zero-order chi connectivity index (χ0) is 24.1. The fourth-order valence-corrected chi connectivity index (χ4v) is 3.39. The molecule has 34 heavy (non-hydrogen) atoms. The van der Waals surface area contributed by atoms with Gasteiger partial charge in [0.2, 0.25) is 0 Å². The number of imidazole rings is 1. The monoisotopic (exact) mass is 465 g/mol. The Balaban J connectivity index is 1.35. The molecule has 4 rings (SSSR count). The van der Waals surface area contributed by atoms with E-state index in [4.69, 9.17) is 0 Å². The number of aromatic nitrogens is 2. The summed E-state index contributed by atoms with van der Waals surface area (Å²) in [5, 5.41) is 7.20. The van der Waals surface area contributed by atoms with E-state index in [0.717, 1.165) is 13.1 Å². The van der Waals surface area contributed by atoms with Gasteiger partial charge in [-0.2, -0.15) is 0 Å². The van der Waals surface area contributed by atoms with Crippen LogP contribution in [0, 0.1) is 5.82 Å². The fourth-order valence-electron chi connectivity index (χ4n) is 3.39. The van der Waals surface area contributed by atoms with E-state index < -0.39 is 17.6 Å². The van der Waals surface area contributed by atoms with E-state index in [-0.39, 0.29) is 17.3 Å². The minimum absolute atomic E-state index is 0.0275. The van der Waals surface area contributed by atoms with Gasteiger partial charge in [-0.1, -0.05) is 0 Å². The second kappa shape index (κ2) is 10.2. The van der Waals surface area contributed by atoms with Crippen LogP contribution in [0.5, 0.6) is 0 Å². The molecule has 3 aromatic rings. The molecular weight excluding hydrogens is 441 g/mol. The van der Waals surface area contributed by atoms with Crippen LogP contribution in [0.25, 0.3) is 0 Å². The second-order valence-electron chi connectivity index (χ2n) is 7.85. The molecule has 11 heteroatoms. The number of anilines is 2. The van der Waals surface area contributed by atoms with Gasteiger partial charge >= 0.3 is 0 Å². The number of halogens is 1. The molecule has 1 saturated heterocycles. The average molecular weight is 465 g/mol. The Bertz CT molecular complexity index is 1170. The lowest BCUT2D eigenvalue weighted by Crippen LogP contribution is -2.52. The highest BCUT2D eigenvalue weighted by atomic mass is 19.1. The maximum atomic E-state index is 13.0. The van der Waals surface area contributed by atoms with Crippen molar-refractivity contribution in [1.82, 2.24) is 25.3 Å². The summed E-state index contributed by atoms with van der Waals surface area (Å²) in [5.74, 6) is -1.79. The van der Waals surface area contributed by atoms with Gasteiger partial charge in [0.05, 0.1) is 6.33 Å². The molecule has 0 aliphatic carbocycles. The fraction of sp³-hybridized carbons (Fsp3) is 0.217. The Morgan fingerprint density at radius 1 is 0.853 bits per heavy atom. The standard InChI is InChI=1S/C23H24FN7O3/c1-30-10-12-31(13-11-30)29-23(34)20-19(25-14-26-20)22(33)28-18-8-6-17(7-9-18)27-21(32)15-2-4-16(24)5-3-15/h2-9,14H,10-13H2,1H3,(H,25,26)(H,27,32)(H,28,33)(H,29,34). The number of hydrogen-bond donors (Lipinski definition) is 4. The Kier molecular flexibility index (Phi) is 6.95. The second-order valence-corrected chi connectivity index (χ2v) is 7.85. The summed E-state index contributed by atoms with van der Waals surface area (Å²) in [6.45, 7) is 3.03. The smallest absolute Gasteiger partial charge is 0.284 e. The normalized spacial score (nSPS) is 14.4. The van der Waals surface area contributed by atoms with Crippen LogP contribution in [0.1, 0.15) is 31.3 Å². The number of H-pyrrole nitrogens is 1. The Labute approximate surface area is 195 Å². The van der Waals surface area contributed by atoms with E-state index in [1.165, 1.54) is 30.6 Å². The van der Waals surface area contributed by atoms with Gasteiger partial charge in [0.25, 0.3) is 17.7 Å². The first-order valence-electron chi connectivity index (χ1n) is 10.7. The predicted molar refractivity (Wildman–Crippen MR) is 124 cm³/mol. The van der Waals surface area contributed by atoms with E-state index in [2.05, 4.69) is 30.9 Å². The van der Waals surface area contributed by atoms with Crippen LogP contribution in [0.3, 0.4) is 0 Å². The molecule has 0 bridgehead atoms. The lowest BCUT2D eigenvalue weighted by molar-refractivity contribution is 0.0655. The summed E-state index contributed by atoms with van der Waals surface area (Å²) < 4.78 is 13.0. The van der Waals surface area contributed by atoms with Gasteiger partial charge < -0.3 is 20.5 Å². The molecule has 0 spiro atoms. The summed E-state index contributed by atoms with van der Waals surface area (Å²) in [6.07, 6.45) is 1.29. The quantitative estimate of drug-likeness (QED) is 0.441. The highest BCUT2D eigenvalue weighted by Crippen LogP contribution is 2.16. The number of carbonyl (C=O) groups is 3. The van der Waals surface area contributed by atoms with Crippen LogP contribution in [0.15, 0.2) is 54.9 Å². The molecule has 0 saturated carbocycles. The molecule has 1 aliphatic heterocycles. The number of rotatable bonds is 6. The van der Waals surface area contributed by atoms with Crippen molar-refractivity contribution in [2.45, 2.75) is 0 Å². The Morgan fingerprint density at radius 3 is 2.06 bits per heavy atom. The summed E-state index contributed by atoms with van der Waals surface area (Å²) >= 11 is 0. The first-order valence-corrected chi connectivity index (χ1v) is 10.7. The number of likely N-dealkylation sites (N-methyl/N-ethyl adjacent to an activating group) is 1. The third-order valence-corrected chi connectivity index (χ3v) is 5.35. The summed E-state index contributed by atoms with van der Waals surface area (Å²) in [6, 6.07) is 11.6. The molecular formula is C23H24FN7O3. The van der Waals surface area contributed by atoms with Gasteiger partial charge in [0.1, 0.15) is 11.5 Å². The molecule has 0 atom stereocenters. The van der Waals surface area contributed by atoms with Crippen molar-refractivity contribution in [2.75, 3.05) is 43.9 Å². The summed E-state index contributed by atoms with van der Waals surface area (Å²) in [7, 11) is 2.02. The molecule has 0 unspecified atom stereocenters. The van der Waals surface area contributed by atoms with Crippen molar-refractivity contribution in [1.29, 1.82) is 0 Å². The number of amides is 3. The van der Waals surface area contributed by atoms with Crippen molar-refractivity contribution in [3.63, 3.8) is 0 Å². The molecule has 10 nitrogen and oxygen atoms in total. The summed E-state index contributed by atoms with van der Waals surface area (Å²) in [4.78, 5) is 46.5. The van der Waals surface area contributed by atoms with Crippen molar-refractivity contribution >= 4 is 29.1 Å². The number of aromatic amines is 1. The number of benzene rings is 2. The van der Waals surface area contributed by atoms with E-state index in [1.54, 1.807) is 24.3 Å². The Morgan fingerprint density at radius 2 is 1.44 bits per heavy atom. The molecule has 1 fully saturated rings. The number of nitrogens with one attached hydrogen (secondary N) is 4. The van der Waals surface area contributed by atoms with E-state index in [9.17, 15) is 18.8 Å². The van der Waals surface area contributed by atoms with Crippen LogP contribution in [-0.2, 0) is 0 Å². The minimum Gasteiger partial charge on any atom is -0.340 e. The Hall–Kier alpha value is -4.09. The molecule has 3 amide bonds. The highest BCUT2D eigenvalue weighted by molar-refractivity contribution is 6.10. The van der Waals surface area contributed by atoms with Gasteiger partial charge in [-0.25, -0.2) is 14.4 Å². The van der Waals surface area contributed by atoms with Crippen molar-refractivity contribution in [3.8, 4) is 0 Å². The van der Waals surface area contributed by atoms with Crippen LogP contribution in [0.2, 0.25) is 0 Å². The minimum atomic E-state index is -0.548. The van der Waals surface area contributed by atoms with E-state index in [0.29, 0.717) is 30.0 Å². The maximum Gasteiger partial charge on any atom is 0.284 e. The number of nitrogens with zero attached hydrogens (tertiary/aromatic N) is 3. The number of hydrogen-bond acceptors (Lipinski definition) is 6. The maximum absolute atomic E-state index is 13.0. The van der Waals surface area contributed by atoms with Crippen LogP contribution >= 0.6 is 0 Å². The molecule has 1 aliphatic rings. The van der Waals surface area contributed by atoms with Crippen molar-refractivity contribution in [2.24, 2.45) is 0 Å². The number of piperazine rings is 1. The summed E-state index contributed by atoms with van der Waals surface area (Å²) in [5.41, 5.74) is 4.12. The molecule has 4 N–H and O–H groups in total. The van der Waals surface area contributed by atoms with Crippen LogP contribution in [-0.4, -0.2) is 70.8 Å². The van der Waals surface area contributed by atoms with Crippen molar-refractivity contribution in [3.05, 3.63) is 77.6 Å². The molecule has 176 valence electrons. The first-order chi connectivity index (χ1) is 16.4. The molecule has 2 aromatic carbocycles. The van der Waals surface area contributed by atoms with Gasteiger partial charge in [0, 0.05) is 43.1 Å². The van der Waals surface area contributed by atoms with E-state index >= 15 is 0 Å². The van der Waals surface area contributed by atoms with Gasteiger partial charge in [0.15, 0.2) is 5.69 Å². The van der Waals surface area contributed by atoms with Crippen LogP contribution in [0.4, 0.5) is 15.8 Å². The van der Waals surface area contributed by atoms with Crippen molar-refractivity contribution < 1.29 is 18.8 Å². The predicted octanol–water partition coefficient (Wildman–Crippen LogP) is 1.95. The zero-order valence-corrected chi connectivity index (χ0v) is 18.5. The molecule has 0 radical (unpaired) electrons. The number of hydrazine groups is 1. The third kappa shape index (κ3) is 5.63. The van der Waals surface area contributed by atoms with E-state index in [1.807, 2.05) is 12.1 Å². The zero-order valence-electron chi connectivity index (χ0n) is 18.5. The average Bonchev–Trinajstić information content (AvgIpc) is 3.33. The lowest BCUT2D eigenvalue weighted by atomic mass is 10.2. The van der Waals surface area contributed by atoms with Gasteiger partial charge in [-0.05, 0) is 55.6 Å². The van der Waals surface area contributed by atoms with Crippen LogP contribution < -0.4 is 16.1 Å². The highest BCUT2D eigenvalue weighted by Gasteiger charge is 2.23. The molecule has 2 heterocycles. The lowest BCUT2D eigenvalue weighted by Gasteiger charge is -2.32. The number of carbonyl (C=O) groups excluding carboxylic acids is 3. The third-order valence-electron chi connectivity index (χ3n) is 5.35. The molecule has 1 aromatic heterocycles. The first kappa shape index (κ1) is 23.1. The SMILES string of the molecule is CN1CCN(NC(=O)c2[nH]cnc2C(=O)Nc2ccc(NC(=O)c3ccc(F)cc3)cc2)CC1. The van der Waals surface area contributed by atoms with Gasteiger partial charge in [-0.3, -0.25) is 19.8 Å². The largest absolute Gasteiger partial charge is 0.340 e. The topological polar surface area (TPSA) is 122 Å². The van der Waals surface area contributed by atoms with Gasteiger partial charge in [-0.15, -0.1) is 0 Å².